The number of rotatable bonds is 0. The van der Waals surface area contributed by atoms with Crippen LogP contribution in [0.25, 0.3) is 0 Å². The molecule has 1 aliphatic carbocycles. The summed E-state index contributed by atoms with van der Waals surface area (Å²) in [5, 5.41) is 3.58. The second-order valence-electron chi connectivity index (χ2n) is 5.36. The fourth-order valence-electron chi connectivity index (χ4n) is 3.22. The quantitative estimate of drug-likeness (QED) is 0.676. The zero-order valence-electron chi connectivity index (χ0n) is 9.42. The van der Waals surface area contributed by atoms with E-state index in [0.717, 1.165) is 5.92 Å². The second-order valence-corrected chi connectivity index (χ2v) is 5.36. The van der Waals surface area contributed by atoms with E-state index in [1.165, 1.54) is 37.9 Å². The molecule has 1 aromatic carbocycles. The highest BCUT2D eigenvalue weighted by molar-refractivity contribution is 5.60. The summed E-state index contributed by atoms with van der Waals surface area (Å²) >= 11 is 0. The fourth-order valence-corrected chi connectivity index (χ4v) is 3.22. The maximum absolute atomic E-state index is 3.58. The second kappa shape index (κ2) is 3.26. The Balaban J connectivity index is 1.95. The Morgan fingerprint density at radius 2 is 1.93 bits per heavy atom. The molecule has 1 nitrogen and oxygen atoms in total. The molecule has 0 saturated heterocycles. The molecule has 1 aliphatic heterocycles. The fraction of sp³-hybridized carbons (Fsp3) is 0.571. The van der Waals surface area contributed by atoms with E-state index >= 15 is 0 Å². The molecule has 3 rings (SSSR count). The highest BCUT2D eigenvalue weighted by Gasteiger charge is 2.40. The first-order valence-corrected chi connectivity index (χ1v) is 6.14. The van der Waals surface area contributed by atoms with Crippen LogP contribution in [-0.4, -0.2) is 6.54 Å². The van der Waals surface area contributed by atoms with Gasteiger partial charge in [0, 0.05) is 17.6 Å². The lowest BCUT2D eigenvalue weighted by Crippen LogP contribution is -2.33. The van der Waals surface area contributed by atoms with E-state index in [-0.39, 0.29) is 0 Å². The first kappa shape index (κ1) is 9.26. The summed E-state index contributed by atoms with van der Waals surface area (Å²) in [4.78, 5) is 0. The zero-order chi connectivity index (χ0) is 10.3. The highest BCUT2D eigenvalue weighted by Crippen LogP contribution is 2.47. The van der Waals surface area contributed by atoms with Gasteiger partial charge in [-0.05, 0) is 43.2 Å². The minimum Gasteiger partial charge on any atom is -0.384 e. The van der Waals surface area contributed by atoms with Crippen LogP contribution >= 0.6 is 0 Å². The molecule has 1 aromatic rings. The molecule has 1 saturated carbocycles. The van der Waals surface area contributed by atoms with Crippen LogP contribution in [0.3, 0.4) is 0 Å². The van der Waals surface area contributed by atoms with Crippen molar-refractivity contribution in [2.24, 2.45) is 5.92 Å². The SMILES string of the molecule is CC1CCC2(CC1)CNc1ccccc12. The van der Waals surface area contributed by atoms with E-state index in [1.807, 2.05) is 0 Å². The van der Waals surface area contributed by atoms with Crippen molar-refractivity contribution < 1.29 is 0 Å². The van der Waals surface area contributed by atoms with E-state index in [9.17, 15) is 0 Å². The van der Waals surface area contributed by atoms with Crippen LogP contribution in [0.2, 0.25) is 0 Å². The lowest BCUT2D eigenvalue weighted by atomic mass is 9.68. The van der Waals surface area contributed by atoms with Gasteiger partial charge in [0.2, 0.25) is 0 Å². The molecule has 0 amide bonds. The Kier molecular flexibility index (Phi) is 2.01. The predicted octanol–water partition coefficient (Wildman–Crippen LogP) is 3.56. The van der Waals surface area contributed by atoms with Gasteiger partial charge in [0.25, 0.3) is 0 Å². The topological polar surface area (TPSA) is 12.0 Å². The summed E-state index contributed by atoms with van der Waals surface area (Å²) < 4.78 is 0. The van der Waals surface area contributed by atoms with Gasteiger partial charge in [0.1, 0.15) is 0 Å². The van der Waals surface area contributed by atoms with Crippen LogP contribution < -0.4 is 5.32 Å². The van der Waals surface area contributed by atoms with Crippen molar-refractivity contribution in [2.75, 3.05) is 11.9 Å². The third kappa shape index (κ3) is 1.37. The van der Waals surface area contributed by atoms with Gasteiger partial charge >= 0.3 is 0 Å². The van der Waals surface area contributed by atoms with Gasteiger partial charge in [-0.1, -0.05) is 25.1 Å². The number of hydrogen-bond acceptors (Lipinski definition) is 1. The lowest BCUT2D eigenvalue weighted by Gasteiger charge is -2.36. The van der Waals surface area contributed by atoms with Gasteiger partial charge in [0.05, 0.1) is 0 Å². The third-order valence-corrected chi connectivity index (χ3v) is 4.35. The van der Waals surface area contributed by atoms with Crippen molar-refractivity contribution in [1.82, 2.24) is 0 Å². The summed E-state index contributed by atoms with van der Waals surface area (Å²) in [6.07, 6.45) is 5.54. The summed E-state index contributed by atoms with van der Waals surface area (Å²) in [6.45, 7) is 3.56. The number of benzene rings is 1. The van der Waals surface area contributed by atoms with Crippen LogP contribution in [0, 0.1) is 5.92 Å². The summed E-state index contributed by atoms with van der Waals surface area (Å²) in [7, 11) is 0. The van der Waals surface area contributed by atoms with Crippen molar-refractivity contribution in [3.05, 3.63) is 29.8 Å². The van der Waals surface area contributed by atoms with Crippen LogP contribution in [-0.2, 0) is 5.41 Å². The standard InChI is InChI=1S/C14H19N/c1-11-6-8-14(9-7-11)10-15-13-5-3-2-4-12(13)14/h2-5,11,15H,6-10H2,1H3. The molecule has 2 aliphatic rings. The monoisotopic (exact) mass is 201 g/mol. The Labute approximate surface area is 91.9 Å². The van der Waals surface area contributed by atoms with Gasteiger partial charge in [-0.2, -0.15) is 0 Å². The molecule has 0 atom stereocenters. The smallest absolute Gasteiger partial charge is 0.0379 e. The van der Waals surface area contributed by atoms with E-state index in [1.54, 1.807) is 5.56 Å². The number of fused-ring (bicyclic) bond motifs is 2. The molecule has 1 heterocycles. The Hall–Kier alpha value is -0.980. The van der Waals surface area contributed by atoms with Crippen molar-refractivity contribution >= 4 is 5.69 Å². The molecule has 1 fully saturated rings. The van der Waals surface area contributed by atoms with Gasteiger partial charge < -0.3 is 5.32 Å². The first-order chi connectivity index (χ1) is 7.30. The van der Waals surface area contributed by atoms with E-state index in [4.69, 9.17) is 0 Å². The highest BCUT2D eigenvalue weighted by atomic mass is 14.9. The van der Waals surface area contributed by atoms with Crippen LogP contribution in [0.1, 0.15) is 38.2 Å². The number of nitrogens with one attached hydrogen (secondary N) is 1. The summed E-state index contributed by atoms with van der Waals surface area (Å²) in [5.74, 6) is 0.934. The normalized spacial score (nSPS) is 33.8. The average Bonchev–Trinajstić information content (AvgIpc) is 2.63. The van der Waals surface area contributed by atoms with Gasteiger partial charge in [-0.15, -0.1) is 0 Å². The Morgan fingerprint density at radius 3 is 2.73 bits per heavy atom. The van der Waals surface area contributed by atoms with Crippen LogP contribution in [0.4, 0.5) is 5.69 Å². The molecule has 0 aromatic heterocycles. The van der Waals surface area contributed by atoms with Crippen molar-refractivity contribution in [3.8, 4) is 0 Å². The van der Waals surface area contributed by atoms with Gasteiger partial charge in [-0.25, -0.2) is 0 Å². The first-order valence-electron chi connectivity index (χ1n) is 6.14. The molecule has 0 bridgehead atoms. The van der Waals surface area contributed by atoms with E-state index in [2.05, 4.69) is 36.5 Å². The van der Waals surface area contributed by atoms with Crippen molar-refractivity contribution in [3.63, 3.8) is 0 Å². The molecule has 1 spiro atoms. The zero-order valence-corrected chi connectivity index (χ0v) is 9.42. The minimum absolute atomic E-state index is 0.475. The Morgan fingerprint density at radius 1 is 1.20 bits per heavy atom. The van der Waals surface area contributed by atoms with Crippen molar-refractivity contribution in [2.45, 2.75) is 38.0 Å². The number of para-hydroxylation sites is 1. The minimum atomic E-state index is 0.475. The van der Waals surface area contributed by atoms with Crippen molar-refractivity contribution in [1.29, 1.82) is 0 Å². The van der Waals surface area contributed by atoms with Gasteiger partial charge in [-0.3, -0.25) is 0 Å². The van der Waals surface area contributed by atoms with E-state index in [0.29, 0.717) is 5.41 Å². The molecule has 0 radical (unpaired) electrons. The maximum atomic E-state index is 3.58. The molecular formula is C14H19N. The molecule has 0 unspecified atom stereocenters. The van der Waals surface area contributed by atoms with Crippen LogP contribution in [0.15, 0.2) is 24.3 Å². The maximum Gasteiger partial charge on any atom is 0.0379 e. The number of anilines is 1. The molecular weight excluding hydrogens is 182 g/mol. The van der Waals surface area contributed by atoms with Crippen LogP contribution in [0.5, 0.6) is 0 Å². The lowest BCUT2D eigenvalue weighted by molar-refractivity contribution is 0.261. The summed E-state index contributed by atoms with van der Waals surface area (Å²) in [6, 6.07) is 8.87. The molecule has 1 N–H and O–H groups in total. The summed E-state index contributed by atoms with van der Waals surface area (Å²) in [5.41, 5.74) is 3.44. The largest absolute Gasteiger partial charge is 0.384 e. The Bertz CT molecular complexity index is 361. The number of hydrogen-bond donors (Lipinski definition) is 1. The van der Waals surface area contributed by atoms with E-state index < -0.39 is 0 Å². The molecule has 80 valence electrons. The third-order valence-electron chi connectivity index (χ3n) is 4.35. The average molecular weight is 201 g/mol. The predicted molar refractivity (Wildman–Crippen MR) is 64.2 cm³/mol. The molecule has 1 heteroatoms. The van der Waals surface area contributed by atoms with Gasteiger partial charge in [0.15, 0.2) is 0 Å². The molecule has 15 heavy (non-hydrogen) atoms.